The van der Waals surface area contributed by atoms with Crippen molar-refractivity contribution in [3.8, 4) is 0 Å². The van der Waals surface area contributed by atoms with Gasteiger partial charge in [-0.2, -0.15) is 0 Å². The number of carbonyl (C=O) groups excluding carboxylic acids is 1. The highest BCUT2D eigenvalue weighted by Gasteiger charge is 2.23. The van der Waals surface area contributed by atoms with Gasteiger partial charge in [-0.3, -0.25) is 0 Å². The Balaban J connectivity index is 1.77. The van der Waals surface area contributed by atoms with Gasteiger partial charge in [-0.05, 0) is 6.92 Å². The molecule has 1 atom stereocenters. The van der Waals surface area contributed by atoms with Crippen molar-refractivity contribution in [3.05, 3.63) is 16.1 Å². The number of aromatic nitrogens is 1. The van der Waals surface area contributed by atoms with Gasteiger partial charge in [0.15, 0.2) is 5.69 Å². The molecule has 110 valence electrons. The first-order valence-electron chi connectivity index (χ1n) is 6.38. The number of ether oxygens (including phenoxy) is 1. The van der Waals surface area contributed by atoms with Crippen molar-refractivity contribution in [2.24, 2.45) is 0 Å². The molecule has 0 bridgehead atoms. The Kier molecular flexibility index (Phi) is 4.91. The second-order valence-electron chi connectivity index (χ2n) is 4.53. The van der Waals surface area contributed by atoms with E-state index in [1.54, 1.807) is 4.90 Å². The number of carbonyl (C=O) groups is 2. The Morgan fingerprint density at radius 2 is 2.45 bits per heavy atom. The summed E-state index contributed by atoms with van der Waals surface area (Å²) in [5, 5.41) is 13.8. The molecule has 0 radical (unpaired) electrons. The number of nitrogens with zero attached hydrogens (tertiary/aromatic N) is 2. The van der Waals surface area contributed by atoms with Crippen LogP contribution in [0.2, 0.25) is 0 Å². The molecule has 8 heteroatoms. The van der Waals surface area contributed by atoms with E-state index in [1.165, 1.54) is 16.7 Å². The second kappa shape index (κ2) is 6.67. The van der Waals surface area contributed by atoms with E-state index in [1.807, 2.05) is 6.92 Å². The van der Waals surface area contributed by atoms with Gasteiger partial charge < -0.3 is 20.1 Å². The molecule has 1 aliphatic rings. The highest BCUT2D eigenvalue weighted by molar-refractivity contribution is 7.09. The lowest BCUT2D eigenvalue weighted by atomic mass is 10.3. The Morgan fingerprint density at radius 3 is 3.10 bits per heavy atom. The predicted octanol–water partition coefficient (Wildman–Crippen LogP) is 0.814. The molecule has 1 aromatic rings. The zero-order valence-corrected chi connectivity index (χ0v) is 12.0. The fraction of sp³-hybridized carbons (Fsp3) is 0.583. The van der Waals surface area contributed by atoms with Crippen LogP contribution in [-0.4, -0.2) is 59.3 Å². The molecule has 2 amide bonds. The molecule has 2 rings (SSSR count). The first-order valence-corrected chi connectivity index (χ1v) is 7.26. The maximum Gasteiger partial charge on any atom is 0.355 e. The fourth-order valence-corrected chi connectivity index (χ4v) is 2.70. The van der Waals surface area contributed by atoms with Crippen LogP contribution in [0.25, 0.3) is 0 Å². The van der Waals surface area contributed by atoms with Gasteiger partial charge in [0.05, 0.1) is 24.3 Å². The van der Waals surface area contributed by atoms with E-state index in [0.717, 1.165) is 0 Å². The lowest BCUT2D eigenvalue weighted by molar-refractivity contribution is 0.0191. The maximum absolute atomic E-state index is 12.0. The van der Waals surface area contributed by atoms with Gasteiger partial charge in [0, 0.05) is 24.9 Å². The van der Waals surface area contributed by atoms with Crippen molar-refractivity contribution in [3.63, 3.8) is 0 Å². The quantitative estimate of drug-likeness (QED) is 0.858. The summed E-state index contributed by atoms with van der Waals surface area (Å²) in [4.78, 5) is 28.4. The lowest BCUT2D eigenvalue weighted by Crippen LogP contribution is -2.51. The number of urea groups is 1. The van der Waals surface area contributed by atoms with Gasteiger partial charge in [0.2, 0.25) is 0 Å². The van der Waals surface area contributed by atoms with E-state index in [2.05, 4.69) is 10.3 Å². The molecule has 0 spiro atoms. The zero-order chi connectivity index (χ0) is 14.5. The third kappa shape index (κ3) is 3.67. The topological polar surface area (TPSA) is 91.8 Å². The van der Waals surface area contributed by atoms with Crippen LogP contribution in [0, 0.1) is 0 Å². The number of morpholine rings is 1. The monoisotopic (exact) mass is 299 g/mol. The van der Waals surface area contributed by atoms with Gasteiger partial charge in [-0.25, -0.2) is 14.6 Å². The van der Waals surface area contributed by atoms with Crippen LogP contribution in [0.4, 0.5) is 4.79 Å². The van der Waals surface area contributed by atoms with Crippen molar-refractivity contribution >= 4 is 23.3 Å². The summed E-state index contributed by atoms with van der Waals surface area (Å²) in [5.74, 6) is -1.03. The summed E-state index contributed by atoms with van der Waals surface area (Å²) < 4.78 is 5.28. The van der Waals surface area contributed by atoms with Crippen LogP contribution in [0.15, 0.2) is 5.38 Å². The zero-order valence-electron chi connectivity index (χ0n) is 11.2. The van der Waals surface area contributed by atoms with Crippen LogP contribution in [0.1, 0.15) is 22.4 Å². The number of carboxylic acids is 1. The average molecular weight is 299 g/mol. The van der Waals surface area contributed by atoms with E-state index < -0.39 is 5.97 Å². The van der Waals surface area contributed by atoms with Crippen LogP contribution in [-0.2, 0) is 11.2 Å². The van der Waals surface area contributed by atoms with Gasteiger partial charge in [-0.1, -0.05) is 0 Å². The molecule has 1 unspecified atom stereocenters. The Hall–Kier alpha value is -1.67. The summed E-state index contributed by atoms with van der Waals surface area (Å²) in [6.45, 7) is 4.09. The minimum Gasteiger partial charge on any atom is -0.476 e. The molecule has 0 aromatic carbocycles. The Morgan fingerprint density at radius 1 is 1.65 bits per heavy atom. The van der Waals surface area contributed by atoms with E-state index in [9.17, 15) is 9.59 Å². The molecule has 7 nitrogen and oxygen atoms in total. The molecular formula is C12H17N3O4S. The number of nitrogens with one attached hydrogen (secondary N) is 1. The number of rotatable bonds is 4. The number of aromatic carboxylic acids is 1. The molecular weight excluding hydrogens is 282 g/mol. The first-order chi connectivity index (χ1) is 9.58. The van der Waals surface area contributed by atoms with E-state index in [-0.39, 0.29) is 17.8 Å². The molecule has 2 N–H and O–H groups in total. The predicted molar refractivity (Wildman–Crippen MR) is 73.2 cm³/mol. The number of hydrogen-bond donors (Lipinski definition) is 2. The number of thiazole rings is 1. The van der Waals surface area contributed by atoms with E-state index in [0.29, 0.717) is 37.7 Å². The summed E-state index contributed by atoms with van der Waals surface area (Å²) >= 11 is 1.29. The summed E-state index contributed by atoms with van der Waals surface area (Å²) in [7, 11) is 0. The lowest BCUT2D eigenvalue weighted by Gasteiger charge is -2.33. The van der Waals surface area contributed by atoms with E-state index >= 15 is 0 Å². The summed E-state index contributed by atoms with van der Waals surface area (Å²) in [5.41, 5.74) is 0.0538. The van der Waals surface area contributed by atoms with Crippen molar-refractivity contribution < 1.29 is 19.4 Å². The summed E-state index contributed by atoms with van der Waals surface area (Å²) in [6.07, 6.45) is 0.530. The van der Waals surface area contributed by atoms with Gasteiger partial charge in [0.1, 0.15) is 0 Å². The molecule has 20 heavy (non-hydrogen) atoms. The molecule has 1 saturated heterocycles. The summed E-state index contributed by atoms with van der Waals surface area (Å²) in [6, 6.07) is -0.0435. The van der Waals surface area contributed by atoms with Crippen molar-refractivity contribution in [2.45, 2.75) is 19.4 Å². The Bertz CT molecular complexity index is 491. The van der Waals surface area contributed by atoms with Crippen LogP contribution in [0.3, 0.4) is 0 Å². The van der Waals surface area contributed by atoms with Crippen molar-refractivity contribution in [1.82, 2.24) is 15.2 Å². The first kappa shape index (κ1) is 14.7. The normalized spacial score (nSPS) is 18.9. The van der Waals surface area contributed by atoms with Crippen LogP contribution >= 0.6 is 11.3 Å². The number of carboxylic acid groups (broad SMARTS) is 1. The molecule has 1 aromatic heterocycles. The minimum atomic E-state index is -1.03. The van der Waals surface area contributed by atoms with Crippen molar-refractivity contribution in [2.75, 3.05) is 26.3 Å². The largest absolute Gasteiger partial charge is 0.476 e. The van der Waals surface area contributed by atoms with Gasteiger partial charge >= 0.3 is 12.0 Å². The minimum absolute atomic E-state index is 0.0538. The van der Waals surface area contributed by atoms with Crippen LogP contribution in [0.5, 0.6) is 0 Å². The second-order valence-corrected chi connectivity index (χ2v) is 5.47. The molecule has 2 heterocycles. The molecule has 1 aliphatic heterocycles. The number of amides is 2. The van der Waals surface area contributed by atoms with Gasteiger partial charge in [-0.15, -0.1) is 11.3 Å². The number of hydrogen-bond acceptors (Lipinski definition) is 5. The van der Waals surface area contributed by atoms with Gasteiger partial charge in [0.25, 0.3) is 0 Å². The van der Waals surface area contributed by atoms with Crippen molar-refractivity contribution in [1.29, 1.82) is 0 Å². The average Bonchev–Trinajstić information content (AvgIpc) is 2.88. The fourth-order valence-electron chi connectivity index (χ4n) is 1.93. The van der Waals surface area contributed by atoms with E-state index in [4.69, 9.17) is 9.84 Å². The highest BCUT2D eigenvalue weighted by atomic mass is 32.1. The standard InChI is InChI=1S/C12H17N3O4S/c1-8-6-19-5-4-15(8)12(18)13-3-2-10-14-9(7-20-10)11(16)17/h7-8H,2-6H2,1H3,(H,13,18)(H,16,17). The molecule has 0 saturated carbocycles. The third-order valence-electron chi connectivity index (χ3n) is 3.01. The third-order valence-corrected chi connectivity index (χ3v) is 3.92. The van der Waals surface area contributed by atoms with Crippen LogP contribution < -0.4 is 5.32 Å². The SMILES string of the molecule is CC1COCCN1C(=O)NCCc1nc(C(=O)O)cs1. The molecule has 0 aliphatic carbocycles. The molecule has 1 fully saturated rings. The Labute approximate surface area is 120 Å². The smallest absolute Gasteiger partial charge is 0.355 e. The highest BCUT2D eigenvalue weighted by Crippen LogP contribution is 2.10. The maximum atomic E-state index is 12.0.